The minimum Gasteiger partial charge on any atom is -0.490 e. The maximum atomic E-state index is 12.6. The molecule has 146 valence electrons. The molecule has 0 aliphatic rings. The van der Waals surface area contributed by atoms with E-state index in [1.165, 1.54) is 5.56 Å². The molecule has 0 radical (unpaired) electrons. The third-order valence-corrected chi connectivity index (χ3v) is 4.11. The second-order valence-corrected chi connectivity index (χ2v) is 6.37. The first kappa shape index (κ1) is 19.5. The lowest BCUT2D eigenvalue weighted by molar-refractivity contribution is 0.102. The molecule has 0 spiro atoms. The van der Waals surface area contributed by atoms with Crippen LogP contribution in [0.15, 0.2) is 54.7 Å². The molecule has 3 rings (SSSR count). The van der Waals surface area contributed by atoms with E-state index in [0.717, 1.165) is 5.56 Å². The first-order valence-electron chi connectivity index (χ1n) is 9.39. The number of carbonyl (C=O) groups excluding carboxylic acids is 1. The van der Waals surface area contributed by atoms with Crippen LogP contribution in [0.1, 0.15) is 35.3 Å². The lowest BCUT2D eigenvalue weighted by Crippen LogP contribution is -2.13. The Kier molecular flexibility index (Phi) is 6.32. The van der Waals surface area contributed by atoms with E-state index in [0.29, 0.717) is 42.6 Å². The minimum absolute atomic E-state index is 0.246. The van der Waals surface area contributed by atoms with Crippen LogP contribution < -0.4 is 14.8 Å². The zero-order valence-corrected chi connectivity index (χ0v) is 16.4. The number of aromatic nitrogens is 2. The molecule has 1 N–H and O–H groups in total. The van der Waals surface area contributed by atoms with E-state index in [4.69, 9.17) is 9.47 Å². The number of nitrogens with zero attached hydrogens (tertiary/aromatic N) is 2. The highest BCUT2D eigenvalue weighted by Gasteiger charge is 2.13. The Balaban J connectivity index is 1.69. The van der Waals surface area contributed by atoms with Crippen molar-refractivity contribution in [3.63, 3.8) is 0 Å². The molecule has 0 saturated heterocycles. The predicted octanol–water partition coefficient (Wildman–Crippen LogP) is 4.29. The van der Waals surface area contributed by atoms with Crippen LogP contribution in [0.2, 0.25) is 0 Å². The normalized spacial score (nSPS) is 10.5. The number of hydrogen-bond acceptors (Lipinski definition) is 4. The Morgan fingerprint density at radius 3 is 2.57 bits per heavy atom. The van der Waals surface area contributed by atoms with Gasteiger partial charge in [-0.15, -0.1) is 0 Å². The number of nitrogens with one attached hydrogen (secondary N) is 1. The van der Waals surface area contributed by atoms with Crippen molar-refractivity contribution in [2.24, 2.45) is 0 Å². The number of amides is 1. The van der Waals surface area contributed by atoms with Crippen molar-refractivity contribution in [3.05, 3.63) is 71.4 Å². The summed E-state index contributed by atoms with van der Waals surface area (Å²) >= 11 is 0. The van der Waals surface area contributed by atoms with Crippen molar-refractivity contribution in [2.45, 2.75) is 27.3 Å². The van der Waals surface area contributed by atoms with Crippen LogP contribution in [0.4, 0.5) is 5.82 Å². The summed E-state index contributed by atoms with van der Waals surface area (Å²) < 4.78 is 12.9. The Bertz CT molecular complexity index is 950. The maximum absolute atomic E-state index is 12.6. The SMILES string of the molecule is CCOc1ccc(C(=O)Nc2ccn(Cc3cccc(C)c3)n2)cc1OCC. The van der Waals surface area contributed by atoms with Crippen LogP contribution in [0, 0.1) is 6.92 Å². The molecule has 0 aliphatic carbocycles. The smallest absolute Gasteiger partial charge is 0.257 e. The summed E-state index contributed by atoms with van der Waals surface area (Å²) in [5, 5.41) is 7.26. The van der Waals surface area contributed by atoms with Gasteiger partial charge in [0.05, 0.1) is 19.8 Å². The van der Waals surface area contributed by atoms with E-state index >= 15 is 0 Å². The fourth-order valence-corrected chi connectivity index (χ4v) is 2.89. The van der Waals surface area contributed by atoms with Gasteiger partial charge in [-0.3, -0.25) is 9.48 Å². The number of hydrogen-bond donors (Lipinski definition) is 1. The van der Waals surface area contributed by atoms with Gasteiger partial charge >= 0.3 is 0 Å². The van der Waals surface area contributed by atoms with Crippen molar-refractivity contribution in [1.29, 1.82) is 0 Å². The van der Waals surface area contributed by atoms with Crippen LogP contribution in [0.25, 0.3) is 0 Å². The van der Waals surface area contributed by atoms with Gasteiger partial charge in [-0.2, -0.15) is 5.10 Å². The summed E-state index contributed by atoms with van der Waals surface area (Å²) in [5.74, 6) is 1.44. The molecule has 1 heterocycles. The number of carbonyl (C=O) groups is 1. The molecule has 6 nitrogen and oxygen atoms in total. The van der Waals surface area contributed by atoms with E-state index in [1.54, 1.807) is 28.9 Å². The molecule has 6 heteroatoms. The molecule has 3 aromatic rings. The molecule has 0 aliphatic heterocycles. The van der Waals surface area contributed by atoms with Gasteiger partial charge in [-0.25, -0.2) is 0 Å². The monoisotopic (exact) mass is 379 g/mol. The maximum Gasteiger partial charge on any atom is 0.257 e. The largest absolute Gasteiger partial charge is 0.490 e. The van der Waals surface area contributed by atoms with Gasteiger partial charge in [-0.1, -0.05) is 29.8 Å². The van der Waals surface area contributed by atoms with Gasteiger partial charge < -0.3 is 14.8 Å². The lowest BCUT2D eigenvalue weighted by Gasteiger charge is -2.12. The molecule has 0 fully saturated rings. The number of benzene rings is 2. The van der Waals surface area contributed by atoms with Gasteiger partial charge in [0, 0.05) is 17.8 Å². The Morgan fingerprint density at radius 1 is 1.04 bits per heavy atom. The molecular weight excluding hydrogens is 354 g/mol. The van der Waals surface area contributed by atoms with E-state index in [2.05, 4.69) is 35.5 Å². The van der Waals surface area contributed by atoms with Crippen molar-refractivity contribution in [2.75, 3.05) is 18.5 Å². The fraction of sp³-hybridized carbons (Fsp3) is 0.273. The number of aryl methyl sites for hydroxylation is 1. The average molecular weight is 379 g/mol. The molecular formula is C22H25N3O3. The molecule has 0 atom stereocenters. The van der Waals surface area contributed by atoms with Crippen molar-refractivity contribution < 1.29 is 14.3 Å². The van der Waals surface area contributed by atoms with Crippen LogP contribution in [-0.4, -0.2) is 28.9 Å². The Labute approximate surface area is 165 Å². The molecule has 0 bridgehead atoms. The third-order valence-electron chi connectivity index (χ3n) is 4.11. The van der Waals surface area contributed by atoms with Crippen molar-refractivity contribution in [1.82, 2.24) is 9.78 Å². The summed E-state index contributed by atoms with van der Waals surface area (Å²) in [6, 6.07) is 15.2. The summed E-state index contributed by atoms with van der Waals surface area (Å²) in [6.07, 6.45) is 1.85. The number of anilines is 1. The number of ether oxygens (including phenoxy) is 2. The van der Waals surface area contributed by atoms with E-state index in [-0.39, 0.29) is 5.91 Å². The Morgan fingerprint density at radius 2 is 1.82 bits per heavy atom. The molecule has 28 heavy (non-hydrogen) atoms. The van der Waals surface area contributed by atoms with Crippen LogP contribution >= 0.6 is 0 Å². The van der Waals surface area contributed by atoms with Gasteiger partial charge in [0.1, 0.15) is 0 Å². The minimum atomic E-state index is -0.246. The standard InChI is InChI=1S/C22H25N3O3/c1-4-27-19-10-9-18(14-20(19)28-5-2)22(26)23-21-11-12-25(24-21)15-17-8-6-7-16(3)13-17/h6-14H,4-5,15H2,1-3H3,(H,23,24,26). The summed E-state index contributed by atoms with van der Waals surface area (Å²) in [5.41, 5.74) is 2.85. The van der Waals surface area contributed by atoms with Crippen LogP contribution in [0.3, 0.4) is 0 Å². The first-order valence-corrected chi connectivity index (χ1v) is 9.39. The molecule has 0 saturated carbocycles. The molecule has 0 unspecified atom stereocenters. The highest BCUT2D eigenvalue weighted by molar-refractivity contribution is 6.04. The van der Waals surface area contributed by atoms with Gasteiger partial charge in [0.15, 0.2) is 17.3 Å². The Hall–Kier alpha value is -3.28. The fourth-order valence-electron chi connectivity index (χ4n) is 2.89. The van der Waals surface area contributed by atoms with E-state index in [1.807, 2.05) is 26.1 Å². The van der Waals surface area contributed by atoms with Gasteiger partial charge in [0.25, 0.3) is 5.91 Å². The molecule has 2 aromatic carbocycles. The van der Waals surface area contributed by atoms with Crippen LogP contribution in [-0.2, 0) is 6.54 Å². The van der Waals surface area contributed by atoms with Crippen molar-refractivity contribution in [3.8, 4) is 11.5 Å². The summed E-state index contributed by atoms with van der Waals surface area (Å²) in [7, 11) is 0. The lowest BCUT2D eigenvalue weighted by atomic mass is 10.1. The highest BCUT2D eigenvalue weighted by atomic mass is 16.5. The second kappa shape index (κ2) is 9.08. The topological polar surface area (TPSA) is 65.4 Å². The zero-order chi connectivity index (χ0) is 19.9. The van der Waals surface area contributed by atoms with Crippen molar-refractivity contribution >= 4 is 11.7 Å². The van der Waals surface area contributed by atoms with E-state index < -0.39 is 0 Å². The van der Waals surface area contributed by atoms with Crippen LogP contribution in [0.5, 0.6) is 11.5 Å². The van der Waals surface area contributed by atoms with Gasteiger partial charge in [-0.05, 0) is 44.5 Å². The zero-order valence-electron chi connectivity index (χ0n) is 16.4. The second-order valence-electron chi connectivity index (χ2n) is 6.37. The quantitative estimate of drug-likeness (QED) is 0.634. The average Bonchev–Trinajstić information content (AvgIpc) is 3.10. The highest BCUT2D eigenvalue weighted by Crippen LogP contribution is 2.28. The van der Waals surface area contributed by atoms with Gasteiger partial charge in [0.2, 0.25) is 0 Å². The molecule has 1 amide bonds. The number of rotatable bonds is 8. The first-order chi connectivity index (χ1) is 13.6. The predicted molar refractivity (Wildman–Crippen MR) is 109 cm³/mol. The third kappa shape index (κ3) is 4.91. The van der Waals surface area contributed by atoms with E-state index in [9.17, 15) is 4.79 Å². The molecule has 1 aromatic heterocycles. The summed E-state index contributed by atoms with van der Waals surface area (Å²) in [6.45, 7) is 7.53. The summed E-state index contributed by atoms with van der Waals surface area (Å²) in [4.78, 5) is 12.6.